The van der Waals surface area contributed by atoms with Crippen molar-refractivity contribution in [2.45, 2.75) is 101 Å². The molecule has 6 heteroatoms. The summed E-state index contributed by atoms with van der Waals surface area (Å²) in [5.74, 6) is 1.15. The van der Waals surface area contributed by atoms with Crippen LogP contribution in [0, 0.1) is 11.8 Å². The number of hydrogen-bond acceptors (Lipinski definition) is 3. The van der Waals surface area contributed by atoms with E-state index in [4.69, 9.17) is 0 Å². The van der Waals surface area contributed by atoms with Crippen LogP contribution in [0.2, 0.25) is 0 Å². The highest BCUT2D eigenvalue weighted by molar-refractivity contribution is 5.75. The number of carbonyl (C=O) groups excluding carboxylic acids is 3. The minimum atomic E-state index is -0.0211. The second-order valence-corrected chi connectivity index (χ2v) is 11.0. The highest BCUT2D eigenvalue weighted by atomic mass is 16.2. The summed E-state index contributed by atoms with van der Waals surface area (Å²) in [6, 6.07) is 0. The van der Waals surface area contributed by atoms with E-state index in [1.807, 2.05) is 9.80 Å². The second kappa shape index (κ2) is 19.1. The first-order chi connectivity index (χ1) is 16.8. The van der Waals surface area contributed by atoms with Gasteiger partial charge in [-0.15, -0.1) is 0 Å². The zero-order valence-electron chi connectivity index (χ0n) is 24.9. The van der Waals surface area contributed by atoms with E-state index in [-0.39, 0.29) is 17.7 Å². The zero-order chi connectivity index (χ0) is 27.7. The normalized spacial score (nSPS) is 12.4. The third-order valence-electron chi connectivity index (χ3n) is 6.82. The summed E-state index contributed by atoms with van der Waals surface area (Å²) in [4.78, 5) is 42.2. The van der Waals surface area contributed by atoms with Gasteiger partial charge in [0.05, 0.1) is 0 Å². The van der Waals surface area contributed by atoms with Gasteiger partial charge in [0, 0.05) is 60.0 Å². The first-order valence-corrected chi connectivity index (χ1v) is 13.9. The molecule has 0 aromatic carbocycles. The predicted molar refractivity (Wildman–Crippen MR) is 152 cm³/mol. The van der Waals surface area contributed by atoms with Gasteiger partial charge in [0.15, 0.2) is 0 Å². The Labute approximate surface area is 222 Å². The van der Waals surface area contributed by atoms with Gasteiger partial charge in [-0.05, 0) is 78.1 Å². The lowest BCUT2D eigenvalue weighted by Crippen LogP contribution is -2.44. The summed E-state index contributed by atoms with van der Waals surface area (Å²) in [7, 11) is 0. The molecule has 0 rings (SSSR count). The van der Waals surface area contributed by atoms with Crippen LogP contribution in [0.5, 0.6) is 0 Å². The molecule has 0 aliphatic rings. The van der Waals surface area contributed by atoms with Gasteiger partial charge >= 0.3 is 0 Å². The average molecular weight is 506 g/mol. The molecule has 0 aliphatic heterocycles. The monoisotopic (exact) mass is 505 g/mol. The lowest BCUT2D eigenvalue weighted by Gasteiger charge is -2.30. The molecule has 0 saturated heterocycles. The topological polar surface area (TPSA) is 60.9 Å². The first kappa shape index (κ1) is 33.9. The summed E-state index contributed by atoms with van der Waals surface area (Å²) in [6.45, 7) is 21.2. The molecule has 208 valence electrons. The van der Waals surface area contributed by atoms with Gasteiger partial charge in [0.2, 0.25) is 17.7 Å². The van der Waals surface area contributed by atoms with Gasteiger partial charge < -0.3 is 14.7 Å². The molecule has 0 N–H and O–H groups in total. The van der Waals surface area contributed by atoms with Crippen LogP contribution in [0.25, 0.3) is 0 Å². The molecule has 3 amide bonds. The van der Waals surface area contributed by atoms with Crippen molar-refractivity contribution in [3.8, 4) is 0 Å². The molecular weight excluding hydrogens is 450 g/mol. The van der Waals surface area contributed by atoms with Crippen molar-refractivity contribution < 1.29 is 14.4 Å². The molecule has 0 spiro atoms. The third kappa shape index (κ3) is 17.3. The van der Waals surface area contributed by atoms with E-state index in [9.17, 15) is 14.4 Å². The molecule has 0 heterocycles. The van der Waals surface area contributed by atoms with E-state index in [1.54, 1.807) is 25.7 Å². The summed E-state index contributed by atoms with van der Waals surface area (Å²) in [6.07, 6.45) is 10.8. The van der Waals surface area contributed by atoms with E-state index >= 15 is 0 Å². The Kier molecular flexibility index (Phi) is 17.9. The van der Waals surface area contributed by atoms with Crippen LogP contribution in [0.4, 0.5) is 0 Å². The Balaban J connectivity index is 4.72. The summed E-state index contributed by atoms with van der Waals surface area (Å²) in [5.41, 5.74) is 2.68. The highest BCUT2D eigenvalue weighted by Gasteiger charge is 2.17. The molecule has 2 unspecified atom stereocenters. The minimum absolute atomic E-state index is 0.0211. The van der Waals surface area contributed by atoms with Crippen molar-refractivity contribution in [2.24, 2.45) is 11.8 Å². The molecule has 0 bridgehead atoms. The van der Waals surface area contributed by atoms with Crippen LogP contribution in [0.1, 0.15) is 101 Å². The fraction of sp³-hybridized carbons (Fsp3) is 0.767. The van der Waals surface area contributed by atoms with Crippen molar-refractivity contribution in [1.29, 1.82) is 0 Å². The van der Waals surface area contributed by atoms with Crippen LogP contribution in [0.15, 0.2) is 23.3 Å². The molecule has 0 aliphatic carbocycles. The van der Waals surface area contributed by atoms with E-state index in [1.165, 1.54) is 11.1 Å². The van der Waals surface area contributed by atoms with Crippen molar-refractivity contribution >= 4 is 17.7 Å². The van der Waals surface area contributed by atoms with Crippen LogP contribution >= 0.6 is 0 Å². The van der Waals surface area contributed by atoms with Crippen LogP contribution < -0.4 is 0 Å². The first-order valence-electron chi connectivity index (χ1n) is 13.9. The maximum Gasteiger partial charge on any atom is 0.219 e. The van der Waals surface area contributed by atoms with Crippen LogP contribution in [-0.4, -0.2) is 71.7 Å². The molecule has 0 fully saturated rings. The SMILES string of the molecule is CC(=O)N(CCC(C)CCC=C(C)C)CCN(CCN(CCC(C)CCC=C(C)C)C(C)=O)C(C)=O. The van der Waals surface area contributed by atoms with Crippen LogP contribution in [-0.2, 0) is 14.4 Å². The van der Waals surface area contributed by atoms with E-state index in [0.717, 1.165) is 38.5 Å². The molecule has 0 aromatic heterocycles. The molecule has 0 radical (unpaired) electrons. The molecule has 0 aromatic rings. The molecular formula is C30H55N3O3. The molecule has 2 atom stereocenters. The van der Waals surface area contributed by atoms with Crippen molar-refractivity contribution in [1.82, 2.24) is 14.7 Å². The van der Waals surface area contributed by atoms with E-state index < -0.39 is 0 Å². The Morgan fingerprint density at radius 2 is 0.778 bits per heavy atom. The minimum Gasteiger partial charge on any atom is -0.341 e. The molecule has 36 heavy (non-hydrogen) atoms. The lowest BCUT2D eigenvalue weighted by molar-refractivity contribution is -0.134. The van der Waals surface area contributed by atoms with E-state index in [2.05, 4.69) is 53.7 Å². The average Bonchev–Trinajstić information content (AvgIpc) is 2.75. The number of hydrogen-bond donors (Lipinski definition) is 0. The zero-order valence-corrected chi connectivity index (χ0v) is 24.9. The predicted octanol–water partition coefficient (Wildman–Crippen LogP) is 6.08. The highest BCUT2D eigenvalue weighted by Crippen LogP contribution is 2.14. The Morgan fingerprint density at radius 3 is 1.03 bits per heavy atom. The summed E-state index contributed by atoms with van der Waals surface area (Å²) < 4.78 is 0. The number of rotatable bonds is 18. The summed E-state index contributed by atoms with van der Waals surface area (Å²) in [5, 5.41) is 0. The van der Waals surface area contributed by atoms with Gasteiger partial charge in [0.25, 0.3) is 0 Å². The van der Waals surface area contributed by atoms with Crippen molar-refractivity contribution in [3.05, 3.63) is 23.3 Å². The Bertz CT molecular complexity index is 667. The van der Waals surface area contributed by atoms with Gasteiger partial charge in [-0.3, -0.25) is 14.4 Å². The maximum atomic E-state index is 12.3. The van der Waals surface area contributed by atoms with Gasteiger partial charge in [-0.2, -0.15) is 0 Å². The number of nitrogens with zero attached hydrogens (tertiary/aromatic N) is 3. The third-order valence-corrected chi connectivity index (χ3v) is 6.82. The van der Waals surface area contributed by atoms with E-state index in [0.29, 0.717) is 51.1 Å². The second-order valence-electron chi connectivity index (χ2n) is 11.0. The lowest BCUT2D eigenvalue weighted by atomic mass is 10.0. The quantitative estimate of drug-likeness (QED) is 0.212. The molecule has 6 nitrogen and oxygen atoms in total. The maximum absolute atomic E-state index is 12.3. The Hall–Kier alpha value is -2.11. The van der Waals surface area contributed by atoms with Crippen molar-refractivity contribution in [3.63, 3.8) is 0 Å². The van der Waals surface area contributed by atoms with Gasteiger partial charge in [-0.1, -0.05) is 37.1 Å². The fourth-order valence-corrected chi connectivity index (χ4v) is 4.12. The Morgan fingerprint density at radius 1 is 0.500 bits per heavy atom. The van der Waals surface area contributed by atoms with Gasteiger partial charge in [-0.25, -0.2) is 0 Å². The number of amides is 3. The number of allylic oxidation sites excluding steroid dienone is 4. The fourth-order valence-electron chi connectivity index (χ4n) is 4.12. The summed E-state index contributed by atoms with van der Waals surface area (Å²) >= 11 is 0. The van der Waals surface area contributed by atoms with Crippen molar-refractivity contribution in [2.75, 3.05) is 39.3 Å². The van der Waals surface area contributed by atoms with Gasteiger partial charge in [0.1, 0.15) is 0 Å². The largest absolute Gasteiger partial charge is 0.341 e. The number of carbonyl (C=O) groups is 3. The van der Waals surface area contributed by atoms with Crippen LogP contribution in [0.3, 0.4) is 0 Å². The standard InChI is InChI=1S/C30H55N3O3/c1-24(2)12-10-14-26(5)16-18-31(28(7)34)20-22-33(30(9)36)23-21-32(29(8)35)19-17-27(6)15-11-13-25(3)4/h12-13,26-27H,10-11,14-23H2,1-9H3. The molecule has 0 saturated carbocycles. The smallest absolute Gasteiger partial charge is 0.219 e.